The van der Waals surface area contributed by atoms with Crippen molar-refractivity contribution in [2.45, 2.75) is 146 Å². The lowest BCUT2D eigenvalue weighted by Gasteiger charge is -2.50. The first-order chi connectivity index (χ1) is 28.3. The molecule has 0 aliphatic carbocycles. The van der Waals surface area contributed by atoms with Gasteiger partial charge in [0.05, 0.1) is 50.8 Å². The molecule has 4 aliphatic heterocycles. The van der Waals surface area contributed by atoms with Crippen LogP contribution in [0.25, 0.3) is 0 Å². The highest BCUT2D eigenvalue weighted by atomic mass is 16.8. The molecule has 4 fully saturated rings. The lowest BCUT2D eigenvalue weighted by atomic mass is 9.89. The quantitative estimate of drug-likeness (QED) is 0.0607. The van der Waals surface area contributed by atoms with E-state index in [1.165, 1.54) is 0 Å². The molecule has 4 saturated heterocycles. The Hall–Kier alpha value is -2.96. The van der Waals surface area contributed by atoms with Gasteiger partial charge < -0.3 is 125 Å². The van der Waals surface area contributed by atoms with Crippen molar-refractivity contribution in [1.82, 2.24) is 0 Å². The van der Waals surface area contributed by atoms with Crippen molar-refractivity contribution < 1.29 is 144 Å². The van der Waals surface area contributed by atoms with E-state index in [9.17, 15) is 111 Å². The predicted molar refractivity (Wildman–Crippen MR) is 179 cm³/mol. The number of aliphatic carboxylic acids is 4. The van der Waals surface area contributed by atoms with Crippen LogP contribution in [0.3, 0.4) is 0 Å². The summed E-state index contributed by atoms with van der Waals surface area (Å²) in [6.45, 7) is -5.07. The Labute approximate surface area is 341 Å². The van der Waals surface area contributed by atoms with Crippen LogP contribution in [-0.4, -0.2) is 263 Å². The van der Waals surface area contributed by atoms with Crippen molar-refractivity contribution in [3.05, 3.63) is 0 Å². The Kier molecular flexibility index (Phi) is 16.1. The standard InChI is InChI=1S/C32H50O29/c33-5-11(38)21-17(42)9(36)1-32(60-21,28(52)53)57-16-4-30(26(48)49,59-23(20(16)45)13(40)7-35)55-8-14(41)24-18(43)10(37)2-31(61-24,27(50)51)56-15-3-29(54,25(46)47)58-22(19(15)44)12(39)6-34/h9-24,33-45,54H,1-8H2,(H,46,47)(H,48,49)(H,50,51)(H,52,53)/t9-,10-,11-,12-,13-,14-,15-,16-,17-,18-,19-,20-,21-,22-,23-,24-,29-,30-,31-,32-/m1/s1. The van der Waals surface area contributed by atoms with Crippen molar-refractivity contribution >= 4 is 23.9 Å². The van der Waals surface area contributed by atoms with Gasteiger partial charge in [0, 0.05) is 25.7 Å². The molecule has 0 bridgehead atoms. The molecule has 4 rings (SSSR count). The molecule has 0 aromatic rings. The summed E-state index contributed by atoms with van der Waals surface area (Å²) < 4.78 is 37.1. The van der Waals surface area contributed by atoms with Gasteiger partial charge in [-0.3, -0.25) is 0 Å². The van der Waals surface area contributed by atoms with E-state index in [0.29, 0.717) is 0 Å². The molecule has 0 amide bonds. The van der Waals surface area contributed by atoms with Gasteiger partial charge in [-0.05, 0) is 0 Å². The molecular weight excluding hydrogens is 848 g/mol. The molecule has 61 heavy (non-hydrogen) atoms. The molecule has 0 unspecified atom stereocenters. The second-order valence-corrected chi connectivity index (χ2v) is 14.9. The average Bonchev–Trinajstić information content (AvgIpc) is 3.20. The molecule has 0 saturated carbocycles. The Balaban J connectivity index is 1.65. The van der Waals surface area contributed by atoms with Crippen LogP contribution >= 0.6 is 0 Å². The summed E-state index contributed by atoms with van der Waals surface area (Å²) in [5.41, 5.74) is 0. The van der Waals surface area contributed by atoms with Gasteiger partial charge in [0.1, 0.15) is 73.2 Å². The summed E-state index contributed by atoms with van der Waals surface area (Å²) >= 11 is 0. The summed E-state index contributed by atoms with van der Waals surface area (Å²) in [6.07, 6.45) is -40.5. The highest BCUT2D eigenvalue weighted by Crippen LogP contribution is 2.42. The van der Waals surface area contributed by atoms with E-state index in [0.717, 1.165) is 0 Å². The summed E-state index contributed by atoms with van der Waals surface area (Å²) in [6, 6.07) is 0. The zero-order valence-corrected chi connectivity index (χ0v) is 31.4. The number of aliphatic hydroxyl groups is 14. The van der Waals surface area contributed by atoms with E-state index >= 15 is 0 Å². The third-order valence-corrected chi connectivity index (χ3v) is 10.7. The van der Waals surface area contributed by atoms with Crippen molar-refractivity contribution in [3.8, 4) is 0 Å². The first-order valence-corrected chi connectivity index (χ1v) is 18.3. The molecule has 352 valence electrons. The molecule has 20 atom stereocenters. The van der Waals surface area contributed by atoms with Gasteiger partial charge >= 0.3 is 23.9 Å². The molecule has 4 heterocycles. The van der Waals surface area contributed by atoms with E-state index in [4.69, 9.17) is 33.2 Å². The van der Waals surface area contributed by atoms with Crippen LogP contribution in [0.1, 0.15) is 25.7 Å². The molecule has 4 aliphatic rings. The summed E-state index contributed by atoms with van der Waals surface area (Å²) in [5.74, 6) is -21.7. The highest BCUT2D eigenvalue weighted by Gasteiger charge is 2.63. The SMILES string of the molecule is O=C(O)[C@@]1(O[C@@H]2C[C@](OC[C@@H](O)[C@H]3O[C@@](O[C@@H]4C[C@](O)(C(=O)O)O[C@H]([C@H](O)CO)[C@@H]4O)(C(=O)O)C[C@@H](O)[C@H]3O)(C(=O)O)O[C@H]([C@H](O)CO)[C@@H]2O)C[C@@H](O)[C@@H](O)[C@@H]([C@H](O)CO)O1. The van der Waals surface area contributed by atoms with Gasteiger partial charge in [0.25, 0.3) is 23.1 Å². The Morgan fingerprint density at radius 1 is 0.492 bits per heavy atom. The van der Waals surface area contributed by atoms with Crippen molar-refractivity contribution in [2.75, 3.05) is 26.4 Å². The summed E-state index contributed by atoms with van der Waals surface area (Å²) in [4.78, 5) is 50.0. The van der Waals surface area contributed by atoms with Crippen LogP contribution in [0.15, 0.2) is 0 Å². The minimum Gasteiger partial charge on any atom is -0.477 e. The smallest absolute Gasteiger partial charge is 0.364 e. The van der Waals surface area contributed by atoms with E-state index < -0.39 is 197 Å². The van der Waals surface area contributed by atoms with Crippen molar-refractivity contribution in [3.63, 3.8) is 0 Å². The Morgan fingerprint density at radius 2 is 0.836 bits per heavy atom. The molecule has 0 radical (unpaired) electrons. The number of carbonyl (C=O) groups is 4. The minimum absolute atomic E-state index is 1.15. The largest absolute Gasteiger partial charge is 0.477 e. The Morgan fingerprint density at radius 3 is 1.21 bits per heavy atom. The fourth-order valence-corrected chi connectivity index (χ4v) is 7.31. The first kappa shape index (κ1) is 50.7. The Bertz CT molecular complexity index is 1550. The highest BCUT2D eigenvalue weighted by molar-refractivity contribution is 5.78. The van der Waals surface area contributed by atoms with Crippen LogP contribution in [0, 0.1) is 0 Å². The van der Waals surface area contributed by atoms with Crippen LogP contribution in [0.5, 0.6) is 0 Å². The second kappa shape index (κ2) is 19.4. The maximum Gasteiger partial charge on any atom is 0.364 e. The zero-order valence-electron chi connectivity index (χ0n) is 31.4. The normalized spacial score (nSPS) is 44.0. The molecule has 29 heteroatoms. The summed E-state index contributed by atoms with van der Waals surface area (Å²) in [7, 11) is 0. The van der Waals surface area contributed by atoms with Crippen LogP contribution in [0.4, 0.5) is 0 Å². The molecule has 29 nitrogen and oxygen atoms in total. The van der Waals surface area contributed by atoms with Gasteiger partial charge in [-0.2, -0.15) is 0 Å². The maximum absolute atomic E-state index is 12.9. The number of hydrogen-bond donors (Lipinski definition) is 18. The van der Waals surface area contributed by atoms with E-state index in [2.05, 4.69) is 0 Å². The van der Waals surface area contributed by atoms with Crippen molar-refractivity contribution in [1.29, 1.82) is 0 Å². The number of ether oxygens (including phenoxy) is 7. The third-order valence-electron chi connectivity index (χ3n) is 10.7. The number of aliphatic hydroxyl groups excluding tert-OH is 13. The second-order valence-electron chi connectivity index (χ2n) is 14.9. The maximum atomic E-state index is 12.9. The topological polar surface area (TPSA) is 497 Å². The zero-order chi connectivity index (χ0) is 46.2. The van der Waals surface area contributed by atoms with Gasteiger partial charge in [-0.1, -0.05) is 0 Å². The van der Waals surface area contributed by atoms with Gasteiger partial charge in [-0.15, -0.1) is 0 Å². The number of rotatable bonds is 18. The number of carboxylic acid groups (broad SMARTS) is 4. The van der Waals surface area contributed by atoms with Crippen LogP contribution < -0.4 is 0 Å². The lowest BCUT2D eigenvalue weighted by molar-refractivity contribution is -0.381. The molecule has 0 aromatic carbocycles. The monoisotopic (exact) mass is 898 g/mol. The van der Waals surface area contributed by atoms with E-state index in [-0.39, 0.29) is 0 Å². The predicted octanol–water partition coefficient (Wildman–Crippen LogP) is -10.4. The van der Waals surface area contributed by atoms with Gasteiger partial charge in [0.2, 0.25) is 0 Å². The van der Waals surface area contributed by atoms with E-state index in [1.54, 1.807) is 0 Å². The average molecular weight is 899 g/mol. The van der Waals surface area contributed by atoms with Crippen LogP contribution in [-0.2, 0) is 52.3 Å². The van der Waals surface area contributed by atoms with Gasteiger partial charge in [0.15, 0.2) is 0 Å². The fraction of sp³-hybridized carbons (Fsp3) is 0.875. The van der Waals surface area contributed by atoms with Crippen LogP contribution in [0.2, 0.25) is 0 Å². The lowest BCUT2D eigenvalue weighted by Crippen LogP contribution is -2.68. The third kappa shape index (κ3) is 10.1. The molecule has 0 aromatic heterocycles. The minimum atomic E-state index is -3.30. The van der Waals surface area contributed by atoms with Crippen molar-refractivity contribution in [2.24, 2.45) is 0 Å². The fourth-order valence-electron chi connectivity index (χ4n) is 7.31. The molecule has 0 spiro atoms. The first-order valence-electron chi connectivity index (χ1n) is 18.3. The molecular formula is C32H50O29. The number of carboxylic acids is 4. The van der Waals surface area contributed by atoms with Gasteiger partial charge in [-0.25, -0.2) is 19.2 Å². The molecule has 18 N–H and O–H groups in total. The summed E-state index contributed by atoms with van der Waals surface area (Å²) in [5, 5.41) is 186. The van der Waals surface area contributed by atoms with E-state index in [1.807, 2.05) is 0 Å². The number of hydrogen-bond acceptors (Lipinski definition) is 25.